The Labute approximate surface area is 64.0 Å². The minimum absolute atomic E-state index is 0.140. The molecule has 2 aliphatic heterocycles. The van der Waals surface area contributed by atoms with Gasteiger partial charge >= 0.3 is 0 Å². The average molecular weight is 155 g/mol. The van der Waals surface area contributed by atoms with E-state index in [9.17, 15) is 0 Å². The van der Waals surface area contributed by atoms with Gasteiger partial charge < -0.3 is 10.4 Å². The number of hydrogen-bond acceptors (Lipinski definition) is 3. The van der Waals surface area contributed by atoms with Gasteiger partial charge in [0.05, 0.1) is 17.9 Å². The van der Waals surface area contributed by atoms with Gasteiger partial charge in [-0.3, -0.25) is 0 Å². The van der Waals surface area contributed by atoms with Crippen LogP contribution in [0.15, 0.2) is 23.3 Å². The summed E-state index contributed by atoms with van der Waals surface area (Å²) in [6, 6.07) is 0.437. The third-order valence-electron chi connectivity index (χ3n) is 1.76. The maximum absolute atomic E-state index is 8.76. The predicted molar refractivity (Wildman–Crippen MR) is 42.6 cm³/mol. The second-order valence-electron chi connectivity index (χ2n) is 2.45. The second-order valence-corrected chi connectivity index (χ2v) is 3.54. The topological polar surface area (TPSA) is 32.3 Å². The lowest BCUT2D eigenvalue weighted by molar-refractivity contribution is 0.323. The molecule has 3 heteroatoms. The van der Waals surface area contributed by atoms with Crippen LogP contribution < -0.4 is 5.32 Å². The maximum Gasteiger partial charge on any atom is 0.0824 e. The Morgan fingerprint density at radius 3 is 3.30 bits per heavy atom. The number of aliphatic hydroxyl groups is 1. The molecule has 2 rings (SSSR count). The van der Waals surface area contributed by atoms with Crippen LogP contribution in [-0.2, 0) is 0 Å². The highest BCUT2D eigenvalue weighted by atomic mass is 32.2. The Morgan fingerprint density at radius 1 is 1.70 bits per heavy atom. The molecule has 0 amide bonds. The van der Waals surface area contributed by atoms with E-state index in [1.165, 1.54) is 0 Å². The van der Waals surface area contributed by atoms with E-state index < -0.39 is 0 Å². The van der Waals surface area contributed by atoms with E-state index in [1.54, 1.807) is 11.8 Å². The predicted octanol–water partition coefficient (Wildman–Crippen LogP) is 0.463. The highest BCUT2D eigenvalue weighted by Crippen LogP contribution is 2.30. The molecule has 54 valence electrons. The molecule has 2 nitrogen and oxygen atoms in total. The minimum atomic E-state index is 0.140. The zero-order valence-electron chi connectivity index (χ0n) is 5.45. The van der Waals surface area contributed by atoms with Crippen LogP contribution in [0.25, 0.3) is 0 Å². The standard InChI is InChI=1S/C7H9NOS/c9-4-5-3-7-6(8-5)1-2-10-7/h1-3,6-9H,4H2/t6-,7?/m0/s1. The number of rotatable bonds is 1. The van der Waals surface area contributed by atoms with Crippen molar-refractivity contribution in [3.05, 3.63) is 23.3 Å². The van der Waals surface area contributed by atoms with Crippen LogP contribution in [0.3, 0.4) is 0 Å². The summed E-state index contributed by atoms with van der Waals surface area (Å²) >= 11 is 1.80. The molecule has 2 atom stereocenters. The smallest absolute Gasteiger partial charge is 0.0824 e. The van der Waals surface area contributed by atoms with E-state index in [0.717, 1.165) is 5.70 Å². The van der Waals surface area contributed by atoms with Crippen molar-refractivity contribution >= 4 is 11.8 Å². The lowest BCUT2D eigenvalue weighted by Crippen LogP contribution is -2.25. The van der Waals surface area contributed by atoms with Gasteiger partial charge in [-0.15, -0.1) is 11.8 Å². The lowest BCUT2D eigenvalue weighted by Gasteiger charge is -2.07. The van der Waals surface area contributed by atoms with Crippen LogP contribution in [0.4, 0.5) is 0 Å². The van der Waals surface area contributed by atoms with Crippen molar-refractivity contribution in [1.29, 1.82) is 0 Å². The van der Waals surface area contributed by atoms with Crippen molar-refractivity contribution < 1.29 is 5.11 Å². The normalized spacial score (nSPS) is 35.5. The van der Waals surface area contributed by atoms with Crippen molar-refractivity contribution in [2.24, 2.45) is 0 Å². The third-order valence-corrected chi connectivity index (χ3v) is 2.82. The fourth-order valence-electron chi connectivity index (χ4n) is 1.25. The highest BCUT2D eigenvalue weighted by molar-refractivity contribution is 8.03. The summed E-state index contributed by atoms with van der Waals surface area (Å²) in [7, 11) is 0. The fourth-order valence-corrected chi connectivity index (χ4v) is 2.26. The Kier molecular flexibility index (Phi) is 1.47. The molecule has 0 aliphatic carbocycles. The summed E-state index contributed by atoms with van der Waals surface area (Å²) in [5.41, 5.74) is 0.965. The van der Waals surface area contributed by atoms with Gasteiger partial charge in [-0.1, -0.05) is 6.08 Å². The molecule has 0 spiro atoms. The van der Waals surface area contributed by atoms with Crippen molar-refractivity contribution in [1.82, 2.24) is 5.32 Å². The van der Waals surface area contributed by atoms with Crippen LogP contribution in [-0.4, -0.2) is 23.0 Å². The van der Waals surface area contributed by atoms with Gasteiger partial charge in [0, 0.05) is 5.70 Å². The van der Waals surface area contributed by atoms with Crippen LogP contribution in [0.5, 0.6) is 0 Å². The van der Waals surface area contributed by atoms with Crippen LogP contribution in [0.2, 0.25) is 0 Å². The Balaban J connectivity index is 2.10. The second kappa shape index (κ2) is 2.32. The molecule has 0 saturated heterocycles. The molecule has 2 heterocycles. The van der Waals surface area contributed by atoms with Gasteiger partial charge in [0.15, 0.2) is 0 Å². The monoisotopic (exact) mass is 155 g/mol. The lowest BCUT2D eigenvalue weighted by atomic mass is 10.2. The average Bonchev–Trinajstić information content (AvgIpc) is 2.42. The van der Waals surface area contributed by atoms with E-state index in [1.807, 2.05) is 0 Å². The SMILES string of the molecule is OCC1=CC2SC=C[C@@H]2N1. The van der Waals surface area contributed by atoms with Gasteiger partial charge in [0.1, 0.15) is 0 Å². The zero-order chi connectivity index (χ0) is 6.97. The van der Waals surface area contributed by atoms with Gasteiger partial charge in [-0.2, -0.15) is 0 Å². The highest BCUT2D eigenvalue weighted by Gasteiger charge is 2.27. The molecule has 10 heavy (non-hydrogen) atoms. The Bertz CT molecular complexity index is 200. The molecule has 0 saturated carbocycles. The molecule has 0 fully saturated rings. The first-order valence-electron chi connectivity index (χ1n) is 3.30. The first kappa shape index (κ1) is 6.31. The molecule has 1 unspecified atom stereocenters. The zero-order valence-corrected chi connectivity index (χ0v) is 6.27. The van der Waals surface area contributed by atoms with Crippen molar-refractivity contribution in [3.8, 4) is 0 Å². The van der Waals surface area contributed by atoms with Gasteiger partial charge in [-0.25, -0.2) is 0 Å². The number of thioether (sulfide) groups is 1. The summed E-state index contributed by atoms with van der Waals surface area (Å²) in [5, 5.41) is 14.6. The number of hydrogen-bond donors (Lipinski definition) is 2. The van der Waals surface area contributed by atoms with Crippen molar-refractivity contribution in [2.45, 2.75) is 11.3 Å². The van der Waals surface area contributed by atoms with Crippen LogP contribution in [0, 0.1) is 0 Å². The van der Waals surface area contributed by atoms with Crippen molar-refractivity contribution in [2.75, 3.05) is 6.61 Å². The first-order chi connectivity index (χ1) is 4.90. The summed E-state index contributed by atoms with van der Waals surface area (Å²) in [4.78, 5) is 0. The number of nitrogens with one attached hydrogen (secondary N) is 1. The van der Waals surface area contributed by atoms with E-state index in [4.69, 9.17) is 5.11 Å². The Morgan fingerprint density at radius 2 is 2.60 bits per heavy atom. The van der Waals surface area contributed by atoms with Crippen LogP contribution >= 0.6 is 11.8 Å². The molecule has 2 aliphatic rings. The number of aliphatic hydroxyl groups excluding tert-OH is 1. The van der Waals surface area contributed by atoms with Crippen LogP contribution in [0.1, 0.15) is 0 Å². The van der Waals surface area contributed by atoms with E-state index >= 15 is 0 Å². The summed E-state index contributed by atoms with van der Waals surface area (Å²) < 4.78 is 0. The van der Waals surface area contributed by atoms with E-state index in [-0.39, 0.29) is 6.61 Å². The molecule has 0 bridgehead atoms. The molecule has 0 radical (unpaired) electrons. The van der Waals surface area contributed by atoms with Gasteiger partial charge in [0.2, 0.25) is 0 Å². The molecule has 0 aromatic heterocycles. The van der Waals surface area contributed by atoms with Gasteiger partial charge in [0.25, 0.3) is 0 Å². The quantitative estimate of drug-likeness (QED) is 0.577. The number of fused-ring (bicyclic) bond motifs is 1. The molecular weight excluding hydrogens is 146 g/mol. The molecule has 0 aromatic carbocycles. The summed E-state index contributed by atoms with van der Waals surface area (Å²) in [5.74, 6) is 0. The van der Waals surface area contributed by atoms with E-state index in [2.05, 4.69) is 22.9 Å². The summed E-state index contributed by atoms with van der Waals surface area (Å²) in [6.45, 7) is 0.140. The maximum atomic E-state index is 8.76. The fraction of sp³-hybridized carbons (Fsp3) is 0.429. The minimum Gasteiger partial charge on any atom is -0.390 e. The summed E-state index contributed by atoms with van der Waals surface area (Å²) in [6.07, 6.45) is 4.23. The van der Waals surface area contributed by atoms with Gasteiger partial charge in [-0.05, 0) is 11.5 Å². The molecule has 2 N–H and O–H groups in total. The van der Waals surface area contributed by atoms with E-state index in [0.29, 0.717) is 11.3 Å². The molecular formula is C7H9NOS. The van der Waals surface area contributed by atoms with Crippen molar-refractivity contribution in [3.63, 3.8) is 0 Å². The first-order valence-corrected chi connectivity index (χ1v) is 4.24. The Hall–Kier alpha value is -0.410. The third kappa shape index (κ3) is 0.859. The molecule has 0 aromatic rings. The largest absolute Gasteiger partial charge is 0.390 e.